The van der Waals surface area contributed by atoms with E-state index in [1.165, 1.54) is 31.2 Å². The first-order chi connectivity index (χ1) is 15.8. The predicted molar refractivity (Wildman–Crippen MR) is 121 cm³/mol. The van der Waals surface area contributed by atoms with Gasteiger partial charge in [0.15, 0.2) is 0 Å². The molecule has 0 aliphatic heterocycles. The van der Waals surface area contributed by atoms with Crippen LogP contribution in [-0.2, 0) is 30.4 Å². The molecule has 12 heteroatoms. The lowest BCUT2D eigenvalue weighted by molar-refractivity contribution is -0.144. The third-order valence-corrected chi connectivity index (χ3v) is 4.76. The van der Waals surface area contributed by atoms with E-state index in [9.17, 15) is 39.3 Å². The molecule has 0 spiro atoms. The Balaban J connectivity index is 3.09. The SMILES string of the molecule is CC(C)CC(NC(=O)C(CC(=O)O)NC(=O)C(Cc1ccc(O)cc1)NC(=O)C(C)N)C(=O)O. The molecular formula is C22H32N4O8. The summed E-state index contributed by atoms with van der Waals surface area (Å²) in [6.45, 7) is 4.92. The van der Waals surface area contributed by atoms with Gasteiger partial charge >= 0.3 is 11.9 Å². The average molecular weight is 481 g/mol. The van der Waals surface area contributed by atoms with Crippen molar-refractivity contribution in [3.8, 4) is 5.75 Å². The van der Waals surface area contributed by atoms with Gasteiger partial charge in [0.2, 0.25) is 17.7 Å². The number of carbonyl (C=O) groups excluding carboxylic acids is 3. The fourth-order valence-corrected chi connectivity index (χ4v) is 3.00. The third-order valence-electron chi connectivity index (χ3n) is 4.76. The molecule has 0 saturated carbocycles. The van der Waals surface area contributed by atoms with Gasteiger partial charge in [-0.1, -0.05) is 26.0 Å². The monoisotopic (exact) mass is 480 g/mol. The molecule has 4 unspecified atom stereocenters. The first-order valence-corrected chi connectivity index (χ1v) is 10.7. The Morgan fingerprint density at radius 1 is 0.824 bits per heavy atom. The summed E-state index contributed by atoms with van der Waals surface area (Å²) in [5.41, 5.74) is 6.12. The van der Waals surface area contributed by atoms with Crippen molar-refractivity contribution in [3.63, 3.8) is 0 Å². The summed E-state index contributed by atoms with van der Waals surface area (Å²) >= 11 is 0. The topological polar surface area (TPSA) is 208 Å². The van der Waals surface area contributed by atoms with Crippen molar-refractivity contribution in [3.05, 3.63) is 29.8 Å². The number of phenolic OH excluding ortho intramolecular Hbond substituents is 1. The molecule has 0 radical (unpaired) electrons. The molecule has 0 bridgehead atoms. The number of benzene rings is 1. The van der Waals surface area contributed by atoms with Crippen LogP contribution in [0.2, 0.25) is 0 Å². The van der Waals surface area contributed by atoms with Gasteiger partial charge < -0.3 is 37.0 Å². The lowest BCUT2D eigenvalue weighted by atomic mass is 10.0. The number of nitrogens with one attached hydrogen (secondary N) is 3. The molecule has 0 aliphatic carbocycles. The maximum atomic E-state index is 13.0. The molecule has 0 aromatic heterocycles. The number of amides is 3. The minimum absolute atomic E-state index is 0.00283. The summed E-state index contributed by atoms with van der Waals surface area (Å²) in [7, 11) is 0. The fourth-order valence-electron chi connectivity index (χ4n) is 3.00. The smallest absolute Gasteiger partial charge is 0.326 e. The van der Waals surface area contributed by atoms with E-state index in [0.29, 0.717) is 5.56 Å². The average Bonchev–Trinajstić information content (AvgIpc) is 2.72. The number of rotatable bonds is 13. The lowest BCUT2D eigenvalue weighted by Crippen LogP contribution is -2.57. The van der Waals surface area contributed by atoms with Gasteiger partial charge in [-0.15, -0.1) is 0 Å². The van der Waals surface area contributed by atoms with Gasteiger partial charge in [0.05, 0.1) is 12.5 Å². The Hall–Kier alpha value is -3.67. The van der Waals surface area contributed by atoms with Gasteiger partial charge in [0, 0.05) is 6.42 Å². The second kappa shape index (κ2) is 13.1. The Labute approximate surface area is 196 Å². The zero-order chi connectivity index (χ0) is 26.0. The van der Waals surface area contributed by atoms with Gasteiger partial charge in [-0.05, 0) is 37.0 Å². The largest absolute Gasteiger partial charge is 0.508 e. The van der Waals surface area contributed by atoms with Crippen LogP contribution < -0.4 is 21.7 Å². The number of nitrogens with two attached hydrogens (primary N) is 1. The van der Waals surface area contributed by atoms with E-state index in [4.69, 9.17) is 5.73 Å². The summed E-state index contributed by atoms with van der Waals surface area (Å²) in [5.74, 6) is -5.26. The second-order valence-corrected chi connectivity index (χ2v) is 8.41. The maximum Gasteiger partial charge on any atom is 0.326 e. The number of aliphatic carboxylic acids is 2. The molecule has 0 fully saturated rings. The number of carboxylic acid groups (broad SMARTS) is 2. The van der Waals surface area contributed by atoms with Crippen molar-refractivity contribution < 1.29 is 39.3 Å². The zero-order valence-corrected chi connectivity index (χ0v) is 19.3. The van der Waals surface area contributed by atoms with E-state index in [1.54, 1.807) is 13.8 Å². The molecule has 1 rings (SSSR count). The Morgan fingerprint density at radius 3 is 1.79 bits per heavy atom. The first-order valence-electron chi connectivity index (χ1n) is 10.7. The second-order valence-electron chi connectivity index (χ2n) is 8.41. The van der Waals surface area contributed by atoms with Crippen LogP contribution in [0.15, 0.2) is 24.3 Å². The van der Waals surface area contributed by atoms with Crippen LogP contribution in [0.5, 0.6) is 5.75 Å². The van der Waals surface area contributed by atoms with Crippen LogP contribution in [0.25, 0.3) is 0 Å². The van der Waals surface area contributed by atoms with E-state index in [1.807, 2.05) is 0 Å². The van der Waals surface area contributed by atoms with Crippen molar-refractivity contribution >= 4 is 29.7 Å². The molecule has 0 aliphatic rings. The number of phenols is 1. The van der Waals surface area contributed by atoms with Gasteiger partial charge in [0.25, 0.3) is 0 Å². The molecule has 1 aromatic rings. The minimum Gasteiger partial charge on any atom is -0.508 e. The molecule has 188 valence electrons. The van der Waals surface area contributed by atoms with E-state index in [0.717, 1.165) is 0 Å². The number of carboxylic acids is 2. The number of aromatic hydroxyl groups is 1. The summed E-state index contributed by atoms with van der Waals surface area (Å²) in [6, 6.07) is 0.799. The summed E-state index contributed by atoms with van der Waals surface area (Å²) in [5, 5.41) is 35.0. The maximum absolute atomic E-state index is 13.0. The van der Waals surface area contributed by atoms with Gasteiger partial charge in [-0.25, -0.2) is 4.79 Å². The highest BCUT2D eigenvalue weighted by molar-refractivity contribution is 5.95. The predicted octanol–water partition coefficient (Wildman–Crippen LogP) is -0.658. The highest BCUT2D eigenvalue weighted by Crippen LogP contribution is 2.12. The highest BCUT2D eigenvalue weighted by Gasteiger charge is 2.31. The molecule has 12 nitrogen and oxygen atoms in total. The number of hydrogen-bond donors (Lipinski definition) is 7. The van der Waals surface area contributed by atoms with E-state index in [2.05, 4.69) is 16.0 Å². The van der Waals surface area contributed by atoms with Gasteiger partial charge in [-0.2, -0.15) is 0 Å². The normalized spacial score (nSPS) is 14.4. The van der Waals surface area contributed by atoms with Gasteiger partial charge in [-0.3, -0.25) is 19.2 Å². The number of hydrogen-bond acceptors (Lipinski definition) is 7. The van der Waals surface area contributed by atoms with Crippen LogP contribution in [0.4, 0.5) is 0 Å². The molecule has 0 heterocycles. The molecule has 0 saturated heterocycles. The Kier molecular flexibility index (Phi) is 11.0. The summed E-state index contributed by atoms with van der Waals surface area (Å²) < 4.78 is 0. The Bertz CT molecular complexity index is 885. The molecular weight excluding hydrogens is 448 g/mol. The van der Waals surface area contributed by atoms with Crippen LogP contribution in [0.3, 0.4) is 0 Å². The summed E-state index contributed by atoms with van der Waals surface area (Å²) in [4.78, 5) is 60.5. The van der Waals surface area contributed by atoms with Crippen molar-refractivity contribution in [2.45, 2.75) is 64.2 Å². The van der Waals surface area contributed by atoms with E-state index in [-0.39, 0.29) is 24.5 Å². The van der Waals surface area contributed by atoms with Crippen LogP contribution in [0, 0.1) is 5.92 Å². The van der Waals surface area contributed by atoms with Crippen LogP contribution in [0.1, 0.15) is 39.2 Å². The van der Waals surface area contributed by atoms with Crippen molar-refractivity contribution in [1.82, 2.24) is 16.0 Å². The fraction of sp³-hybridized carbons (Fsp3) is 0.500. The quantitative estimate of drug-likeness (QED) is 0.191. The lowest BCUT2D eigenvalue weighted by Gasteiger charge is -2.24. The highest BCUT2D eigenvalue weighted by atomic mass is 16.4. The third kappa shape index (κ3) is 9.86. The molecule has 8 N–H and O–H groups in total. The van der Waals surface area contributed by atoms with E-state index < -0.39 is 60.2 Å². The van der Waals surface area contributed by atoms with Gasteiger partial charge in [0.1, 0.15) is 23.9 Å². The molecule has 34 heavy (non-hydrogen) atoms. The zero-order valence-electron chi connectivity index (χ0n) is 19.3. The standard InChI is InChI=1S/C22H32N4O8/c1-11(2)8-17(22(33)34)26-21(32)16(10-18(28)29)25-20(31)15(24-19(30)12(3)23)9-13-4-6-14(27)7-5-13/h4-7,11-12,15-17,27H,8-10,23H2,1-3H3,(H,24,30)(H,25,31)(H,26,32)(H,28,29)(H,33,34). The van der Waals surface area contributed by atoms with Crippen molar-refractivity contribution in [2.24, 2.45) is 11.7 Å². The number of carbonyl (C=O) groups is 5. The van der Waals surface area contributed by atoms with Crippen LogP contribution in [-0.4, -0.2) is 69.1 Å². The first kappa shape index (κ1) is 28.4. The van der Waals surface area contributed by atoms with Crippen molar-refractivity contribution in [2.75, 3.05) is 0 Å². The molecule has 3 amide bonds. The van der Waals surface area contributed by atoms with Crippen molar-refractivity contribution in [1.29, 1.82) is 0 Å². The Morgan fingerprint density at radius 2 is 1.32 bits per heavy atom. The van der Waals surface area contributed by atoms with E-state index >= 15 is 0 Å². The van der Waals surface area contributed by atoms with Crippen LogP contribution >= 0.6 is 0 Å². The molecule has 1 aromatic carbocycles. The summed E-state index contributed by atoms with van der Waals surface area (Å²) in [6.07, 6.45) is -0.751. The molecule has 4 atom stereocenters. The minimum atomic E-state index is -1.59.